The molecule has 2 atom stereocenters. The zero-order chi connectivity index (χ0) is 22.1. The lowest BCUT2D eigenvalue weighted by molar-refractivity contribution is -0.137. The van der Waals surface area contributed by atoms with Gasteiger partial charge in [0.2, 0.25) is 10.0 Å². The smallest absolute Gasteiger partial charge is 0.347 e. The van der Waals surface area contributed by atoms with Crippen LogP contribution >= 0.6 is 11.6 Å². The molecular weight excluding hydrogens is 441 g/mol. The second-order valence-electron chi connectivity index (χ2n) is 6.98. The van der Waals surface area contributed by atoms with Crippen molar-refractivity contribution >= 4 is 27.5 Å². The molecule has 10 heteroatoms. The molecule has 0 aliphatic carbocycles. The van der Waals surface area contributed by atoms with Gasteiger partial charge in [-0.3, -0.25) is 4.79 Å². The van der Waals surface area contributed by atoms with Crippen LogP contribution in [-0.2, 0) is 16.2 Å². The topological polar surface area (TPSA) is 66.5 Å². The number of carbonyl (C=O) groups excluding carboxylic acids is 1. The van der Waals surface area contributed by atoms with E-state index in [4.69, 9.17) is 11.6 Å². The Morgan fingerprint density at radius 1 is 1.13 bits per heavy atom. The van der Waals surface area contributed by atoms with E-state index in [9.17, 15) is 26.4 Å². The third-order valence-corrected chi connectivity index (χ3v) is 7.36. The van der Waals surface area contributed by atoms with Crippen molar-refractivity contribution in [3.8, 4) is 0 Å². The summed E-state index contributed by atoms with van der Waals surface area (Å²) >= 11 is 5.86. The van der Waals surface area contributed by atoms with Gasteiger partial charge < -0.3 is 5.32 Å². The first-order valence-electron chi connectivity index (χ1n) is 9.24. The van der Waals surface area contributed by atoms with Crippen LogP contribution in [0.1, 0.15) is 34.3 Å². The molecule has 1 aliphatic heterocycles. The molecule has 1 N–H and O–H groups in total. The van der Waals surface area contributed by atoms with Gasteiger partial charge in [0.1, 0.15) is 0 Å². The van der Waals surface area contributed by atoms with Crippen LogP contribution in [0.25, 0.3) is 0 Å². The second kappa shape index (κ2) is 8.56. The quantitative estimate of drug-likeness (QED) is 0.735. The van der Waals surface area contributed by atoms with E-state index in [1.807, 2.05) is 18.2 Å². The molecule has 1 heterocycles. The maximum absolute atomic E-state index is 13.1. The minimum absolute atomic E-state index is 0.0258. The van der Waals surface area contributed by atoms with Gasteiger partial charge in [-0.25, -0.2) is 8.42 Å². The van der Waals surface area contributed by atoms with Gasteiger partial charge in [-0.1, -0.05) is 48.0 Å². The first-order chi connectivity index (χ1) is 14.0. The van der Waals surface area contributed by atoms with E-state index in [0.29, 0.717) is 0 Å². The lowest BCUT2D eigenvalue weighted by atomic mass is 9.94. The molecule has 30 heavy (non-hydrogen) atoms. The molecule has 3 rings (SSSR count). The van der Waals surface area contributed by atoms with Crippen molar-refractivity contribution in [3.05, 3.63) is 70.2 Å². The predicted molar refractivity (Wildman–Crippen MR) is 108 cm³/mol. The molecule has 0 spiro atoms. The van der Waals surface area contributed by atoms with Crippen molar-refractivity contribution in [3.63, 3.8) is 0 Å². The van der Waals surface area contributed by atoms with Crippen molar-refractivity contribution in [1.29, 1.82) is 0 Å². The summed E-state index contributed by atoms with van der Waals surface area (Å²) in [5.74, 6) is -1.22. The van der Waals surface area contributed by atoms with Crippen molar-refractivity contribution in [1.82, 2.24) is 9.62 Å². The van der Waals surface area contributed by atoms with Gasteiger partial charge in [0.25, 0.3) is 5.91 Å². The van der Waals surface area contributed by atoms with E-state index in [2.05, 4.69) is 5.32 Å². The average Bonchev–Trinajstić information content (AvgIpc) is 3.12. The molecule has 1 amide bonds. The maximum Gasteiger partial charge on any atom is 0.417 e. The fourth-order valence-electron chi connectivity index (χ4n) is 3.53. The van der Waals surface area contributed by atoms with E-state index < -0.39 is 38.7 Å². The highest BCUT2D eigenvalue weighted by Crippen LogP contribution is 2.36. The lowest BCUT2D eigenvalue weighted by Crippen LogP contribution is -2.40. The Morgan fingerprint density at radius 3 is 2.40 bits per heavy atom. The Morgan fingerprint density at radius 2 is 1.80 bits per heavy atom. The van der Waals surface area contributed by atoms with Gasteiger partial charge in [0.15, 0.2) is 0 Å². The first kappa shape index (κ1) is 22.6. The highest BCUT2D eigenvalue weighted by molar-refractivity contribution is 7.89. The van der Waals surface area contributed by atoms with Gasteiger partial charge >= 0.3 is 6.18 Å². The summed E-state index contributed by atoms with van der Waals surface area (Å²) < 4.78 is 65.3. The Hall–Kier alpha value is -2.10. The Balaban J connectivity index is 1.90. The molecule has 1 saturated heterocycles. The minimum Gasteiger partial charge on any atom is -0.347 e. The average molecular weight is 461 g/mol. The number of nitrogens with one attached hydrogen (secondary N) is 1. The van der Waals surface area contributed by atoms with Gasteiger partial charge in [-0.05, 0) is 24.6 Å². The lowest BCUT2D eigenvalue weighted by Gasteiger charge is -2.21. The first-order valence-corrected chi connectivity index (χ1v) is 11.2. The number of carbonyl (C=O) groups is 1. The normalized spacial score (nSPS) is 20.3. The molecule has 0 aromatic heterocycles. The zero-order valence-electron chi connectivity index (χ0n) is 16.0. The largest absolute Gasteiger partial charge is 0.417 e. The van der Waals surface area contributed by atoms with E-state index in [1.54, 1.807) is 12.1 Å². The summed E-state index contributed by atoms with van der Waals surface area (Å²) in [6.45, 7) is 1.72. The van der Waals surface area contributed by atoms with Crippen LogP contribution in [0.2, 0.25) is 5.02 Å². The van der Waals surface area contributed by atoms with Crippen molar-refractivity contribution in [2.24, 2.45) is 0 Å². The highest BCUT2D eigenvalue weighted by Gasteiger charge is 2.40. The van der Waals surface area contributed by atoms with Gasteiger partial charge in [-0.2, -0.15) is 17.5 Å². The van der Waals surface area contributed by atoms with Crippen LogP contribution < -0.4 is 5.32 Å². The van der Waals surface area contributed by atoms with Crippen molar-refractivity contribution in [2.45, 2.75) is 25.1 Å². The van der Waals surface area contributed by atoms with E-state index in [1.165, 1.54) is 17.3 Å². The Kier molecular flexibility index (Phi) is 6.45. The summed E-state index contributed by atoms with van der Waals surface area (Å²) in [7, 11) is -3.50. The maximum atomic E-state index is 13.1. The summed E-state index contributed by atoms with van der Waals surface area (Å²) in [5, 5.41) is 2.01. The van der Waals surface area contributed by atoms with E-state index in [0.717, 1.165) is 17.7 Å². The Bertz CT molecular complexity index is 1030. The third kappa shape index (κ3) is 4.63. The summed E-state index contributed by atoms with van der Waals surface area (Å²) in [6, 6.07) is 11.6. The Labute approximate surface area is 177 Å². The molecule has 1 fully saturated rings. The summed E-state index contributed by atoms with van der Waals surface area (Å²) in [4.78, 5) is 12.8. The molecule has 2 unspecified atom stereocenters. The third-order valence-electron chi connectivity index (χ3n) is 5.14. The number of alkyl halides is 3. The number of nitrogens with zero attached hydrogens (tertiary/aromatic N) is 1. The van der Waals surface area contributed by atoms with Crippen LogP contribution in [0, 0.1) is 0 Å². The number of benzene rings is 2. The van der Waals surface area contributed by atoms with Crippen LogP contribution in [-0.4, -0.2) is 43.5 Å². The number of amides is 1. The van der Waals surface area contributed by atoms with Crippen LogP contribution in [0.3, 0.4) is 0 Å². The van der Waals surface area contributed by atoms with Crippen LogP contribution in [0.15, 0.2) is 48.5 Å². The monoisotopic (exact) mass is 460 g/mol. The SMILES string of the molecule is CCS(=O)(=O)N1CC(NC(=O)c2cccc(C(F)(F)F)c2Cl)C(c2ccccc2)C1. The minimum atomic E-state index is -4.70. The van der Waals surface area contributed by atoms with Gasteiger partial charge in [0.05, 0.1) is 27.9 Å². The molecule has 1 aliphatic rings. The van der Waals surface area contributed by atoms with E-state index in [-0.39, 0.29) is 30.3 Å². The van der Waals surface area contributed by atoms with Gasteiger partial charge in [-0.15, -0.1) is 0 Å². The molecule has 2 aromatic carbocycles. The van der Waals surface area contributed by atoms with Crippen LogP contribution in [0.5, 0.6) is 0 Å². The molecular formula is C20H20ClF3N2O3S. The molecule has 5 nitrogen and oxygen atoms in total. The van der Waals surface area contributed by atoms with Gasteiger partial charge in [0, 0.05) is 19.0 Å². The zero-order valence-corrected chi connectivity index (χ0v) is 17.6. The predicted octanol–water partition coefficient (Wildman–Crippen LogP) is 3.91. The molecule has 0 bridgehead atoms. The molecule has 0 saturated carbocycles. The molecule has 0 radical (unpaired) electrons. The van der Waals surface area contributed by atoms with Crippen molar-refractivity contribution < 1.29 is 26.4 Å². The summed E-state index contributed by atoms with van der Waals surface area (Å²) in [5.41, 5.74) is -0.583. The molecule has 2 aromatic rings. The van der Waals surface area contributed by atoms with Crippen molar-refractivity contribution in [2.75, 3.05) is 18.8 Å². The fraction of sp³-hybridized carbons (Fsp3) is 0.350. The molecule has 162 valence electrons. The van der Waals surface area contributed by atoms with Crippen LogP contribution in [0.4, 0.5) is 13.2 Å². The number of sulfonamides is 1. The second-order valence-corrected chi connectivity index (χ2v) is 9.62. The number of hydrogen-bond acceptors (Lipinski definition) is 3. The highest BCUT2D eigenvalue weighted by atomic mass is 35.5. The number of rotatable bonds is 5. The number of hydrogen-bond donors (Lipinski definition) is 1. The number of halogens is 4. The van der Waals surface area contributed by atoms with E-state index >= 15 is 0 Å². The standard InChI is InChI=1S/C20H20ClF3N2O3S/c1-2-30(28,29)26-11-15(13-7-4-3-5-8-13)17(12-26)25-19(27)14-9-6-10-16(18(14)21)20(22,23)24/h3-10,15,17H,2,11-12H2,1H3,(H,25,27). The fourth-order valence-corrected chi connectivity index (χ4v) is 4.99. The summed E-state index contributed by atoms with van der Waals surface area (Å²) in [6.07, 6.45) is -4.70.